The highest BCUT2D eigenvalue weighted by Gasteiger charge is 2.21. The van der Waals surface area contributed by atoms with Gasteiger partial charge < -0.3 is 15.0 Å². The van der Waals surface area contributed by atoms with E-state index in [1.165, 1.54) is 11.1 Å². The summed E-state index contributed by atoms with van der Waals surface area (Å²) in [5.41, 5.74) is 3.73. The van der Waals surface area contributed by atoms with Crippen molar-refractivity contribution in [3.8, 4) is 0 Å². The summed E-state index contributed by atoms with van der Waals surface area (Å²) in [6.07, 6.45) is 2.87. The molecule has 1 unspecified atom stereocenters. The molecule has 1 atom stereocenters. The normalized spacial score (nSPS) is 19.3. The molecule has 2 aromatic carbocycles. The van der Waals surface area contributed by atoms with Crippen molar-refractivity contribution in [3.63, 3.8) is 0 Å². The van der Waals surface area contributed by atoms with Gasteiger partial charge in [0.05, 0.1) is 11.0 Å². The van der Waals surface area contributed by atoms with Crippen molar-refractivity contribution in [1.29, 1.82) is 0 Å². The zero-order valence-electron chi connectivity index (χ0n) is 17.9. The molecule has 4 rings (SSSR count). The molecule has 1 saturated heterocycles. The highest BCUT2D eigenvalue weighted by atomic mass is 32.2. The summed E-state index contributed by atoms with van der Waals surface area (Å²) < 4.78 is 33.2. The maximum absolute atomic E-state index is 12.5. The van der Waals surface area contributed by atoms with Crippen LogP contribution in [0, 0.1) is 0 Å². The van der Waals surface area contributed by atoms with Crippen molar-refractivity contribution in [2.24, 2.45) is 4.99 Å². The van der Waals surface area contributed by atoms with E-state index in [4.69, 9.17) is 4.74 Å². The van der Waals surface area contributed by atoms with Crippen LogP contribution in [0.4, 0.5) is 0 Å². The molecule has 2 aliphatic heterocycles. The lowest BCUT2D eigenvalue weighted by Crippen LogP contribution is -2.43. The van der Waals surface area contributed by atoms with Crippen LogP contribution in [0.15, 0.2) is 58.4 Å². The highest BCUT2D eigenvalue weighted by Crippen LogP contribution is 2.19. The molecule has 0 amide bonds. The van der Waals surface area contributed by atoms with Gasteiger partial charge in [-0.25, -0.2) is 13.1 Å². The largest absolute Gasteiger partial charge is 0.377 e. The van der Waals surface area contributed by atoms with Gasteiger partial charge in [0.2, 0.25) is 10.0 Å². The number of benzene rings is 2. The minimum Gasteiger partial charge on any atom is -0.377 e. The van der Waals surface area contributed by atoms with Crippen LogP contribution in [0.1, 0.15) is 29.5 Å². The lowest BCUT2D eigenvalue weighted by atomic mass is 10.0. The van der Waals surface area contributed by atoms with E-state index >= 15 is 0 Å². The minimum absolute atomic E-state index is 0.0215. The standard InChI is InChI=1S/C23H30N4O3S/c1-24-23(27-13-12-19-5-2-3-6-20(19)17-27)25-15-18-8-10-22(11-9-18)31(28,29)26-16-21-7-4-14-30-21/h2-3,5-6,8-11,21,26H,4,7,12-17H2,1H3,(H,24,25). The molecule has 2 heterocycles. The molecule has 31 heavy (non-hydrogen) atoms. The summed E-state index contributed by atoms with van der Waals surface area (Å²) in [7, 11) is -1.74. The van der Waals surface area contributed by atoms with E-state index in [1.54, 1.807) is 19.2 Å². The van der Waals surface area contributed by atoms with Crippen LogP contribution in [0.2, 0.25) is 0 Å². The second kappa shape index (κ2) is 9.80. The third-order valence-electron chi connectivity index (χ3n) is 5.85. The van der Waals surface area contributed by atoms with E-state index in [0.29, 0.717) is 19.7 Å². The molecule has 0 saturated carbocycles. The van der Waals surface area contributed by atoms with Gasteiger partial charge in [-0.3, -0.25) is 4.99 Å². The molecule has 0 radical (unpaired) electrons. The quantitative estimate of drug-likeness (QED) is 0.530. The van der Waals surface area contributed by atoms with Gasteiger partial charge in [0.1, 0.15) is 0 Å². The zero-order valence-corrected chi connectivity index (χ0v) is 18.7. The molecule has 7 nitrogen and oxygen atoms in total. The molecule has 0 aliphatic carbocycles. The van der Waals surface area contributed by atoms with Gasteiger partial charge in [-0.05, 0) is 48.1 Å². The monoisotopic (exact) mass is 442 g/mol. The maximum Gasteiger partial charge on any atom is 0.240 e. The van der Waals surface area contributed by atoms with Crippen molar-refractivity contribution in [2.45, 2.75) is 43.4 Å². The van der Waals surface area contributed by atoms with Crippen LogP contribution >= 0.6 is 0 Å². The van der Waals surface area contributed by atoms with E-state index in [0.717, 1.165) is 43.9 Å². The lowest BCUT2D eigenvalue weighted by molar-refractivity contribution is 0.114. The van der Waals surface area contributed by atoms with Crippen molar-refractivity contribution in [1.82, 2.24) is 14.9 Å². The van der Waals surface area contributed by atoms with Crippen molar-refractivity contribution in [2.75, 3.05) is 26.7 Å². The van der Waals surface area contributed by atoms with Crippen LogP contribution in [0.5, 0.6) is 0 Å². The first-order valence-corrected chi connectivity index (χ1v) is 12.3. The number of nitrogens with one attached hydrogen (secondary N) is 2. The number of hydrogen-bond donors (Lipinski definition) is 2. The topological polar surface area (TPSA) is 83.0 Å². The predicted molar refractivity (Wildman–Crippen MR) is 121 cm³/mol. The maximum atomic E-state index is 12.5. The van der Waals surface area contributed by atoms with Crippen LogP contribution < -0.4 is 10.0 Å². The SMILES string of the molecule is CN=C(NCc1ccc(S(=O)(=O)NCC2CCCO2)cc1)N1CCc2ccccc2C1. The van der Waals surface area contributed by atoms with Crippen LogP contribution in [0.25, 0.3) is 0 Å². The zero-order chi connectivity index (χ0) is 21.7. The first kappa shape index (κ1) is 21.8. The van der Waals surface area contributed by atoms with Crippen molar-refractivity contribution < 1.29 is 13.2 Å². The van der Waals surface area contributed by atoms with Gasteiger partial charge in [0, 0.05) is 39.8 Å². The summed E-state index contributed by atoms with van der Waals surface area (Å²) in [6.45, 7) is 3.37. The molecule has 2 aromatic rings. The Morgan fingerprint density at radius 2 is 1.94 bits per heavy atom. The second-order valence-electron chi connectivity index (χ2n) is 7.97. The number of nitrogens with zero attached hydrogens (tertiary/aromatic N) is 2. The fourth-order valence-electron chi connectivity index (χ4n) is 4.07. The Bertz CT molecular complexity index is 1020. The molecule has 2 N–H and O–H groups in total. The highest BCUT2D eigenvalue weighted by molar-refractivity contribution is 7.89. The molecule has 2 aliphatic rings. The summed E-state index contributed by atoms with van der Waals surface area (Å²) in [5, 5.41) is 3.40. The van der Waals surface area contributed by atoms with Gasteiger partial charge in [-0.2, -0.15) is 0 Å². The Morgan fingerprint density at radius 1 is 1.16 bits per heavy atom. The average molecular weight is 443 g/mol. The van der Waals surface area contributed by atoms with Crippen molar-refractivity contribution in [3.05, 3.63) is 65.2 Å². The van der Waals surface area contributed by atoms with Gasteiger partial charge in [0.25, 0.3) is 0 Å². The van der Waals surface area contributed by atoms with E-state index in [2.05, 4.69) is 44.2 Å². The molecular formula is C23H30N4O3S. The van der Waals surface area contributed by atoms with E-state index in [9.17, 15) is 8.42 Å². The number of guanidine groups is 1. The number of sulfonamides is 1. The lowest BCUT2D eigenvalue weighted by Gasteiger charge is -2.31. The van der Waals surface area contributed by atoms with E-state index < -0.39 is 10.0 Å². The smallest absolute Gasteiger partial charge is 0.240 e. The van der Waals surface area contributed by atoms with Gasteiger partial charge in [-0.1, -0.05) is 36.4 Å². The third kappa shape index (κ3) is 5.44. The minimum atomic E-state index is -3.53. The van der Waals surface area contributed by atoms with Gasteiger partial charge in [0.15, 0.2) is 5.96 Å². The number of hydrogen-bond acceptors (Lipinski definition) is 4. The Labute approximate surface area is 184 Å². The van der Waals surface area contributed by atoms with Gasteiger partial charge in [-0.15, -0.1) is 0 Å². The summed E-state index contributed by atoms with van der Waals surface area (Å²) >= 11 is 0. The predicted octanol–water partition coefficient (Wildman–Crippen LogP) is 2.28. The summed E-state index contributed by atoms with van der Waals surface area (Å²) in [5.74, 6) is 0.851. The fourth-order valence-corrected chi connectivity index (χ4v) is 5.13. The summed E-state index contributed by atoms with van der Waals surface area (Å²) in [4.78, 5) is 6.95. The van der Waals surface area contributed by atoms with Crippen molar-refractivity contribution >= 4 is 16.0 Å². The fraction of sp³-hybridized carbons (Fsp3) is 0.435. The van der Waals surface area contributed by atoms with Crippen LogP contribution in [0.3, 0.4) is 0 Å². The first-order chi connectivity index (χ1) is 15.0. The Hall–Kier alpha value is -2.42. The number of aliphatic imine (C=N–C) groups is 1. The second-order valence-corrected chi connectivity index (χ2v) is 9.74. The van der Waals surface area contributed by atoms with Gasteiger partial charge >= 0.3 is 0 Å². The number of ether oxygens (including phenoxy) is 1. The van der Waals surface area contributed by atoms with E-state index in [-0.39, 0.29) is 11.0 Å². The first-order valence-electron chi connectivity index (χ1n) is 10.8. The molecule has 8 heteroatoms. The molecule has 1 fully saturated rings. The summed E-state index contributed by atoms with van der Waals surface area (Å²) in [6, 6.07) is 15.5. The van der Waals surface area contributed by atoms with Crippen LogP contribution in [-0.2, 0) is 34.3 Å². The third-order valence-corrected chi connectivity index (χ3v) is 7.29. The average Bonchev–Trinajstić information content (AvgIpc) is 3.32. The number of fused-ring (bicyclic) bond motifs is 1. The Balaban J connectivity index is 1.32. The molecule has 0 aromatic heterocycles. The van der Waals surface area contributed by atoms with E-state index in [1.807, 2.05) is 12.1 Å². The Kier molecular flexibility index (Phi) is 6.89. The van der Waals surface area contributed by atoms with Crippen LogP contribution in [-0.4, -0.2) is 52.1 Å². The molecule has 0 spiro atoms. The molecule has 0 bridgehead atoms. The number of rotatable bonds is 6. The molecular weight excluding hydrogens is 412 g/mol. The molecule has 166 valence electrons. The Morgan fingerprint density at radius 3 is 2.65 bits per heavy atom.